The van der Waals surface area contributed by atoms with E-state index in [0.29, 0.717) is 23.9 Å². The van der Waals surface area contributed by atoms with Crippen molar-refractivity contribution in [1.82, 2.24) is 24.6 Å². The Hall–Kier alpha value is -3.03. The number of aromatic nitrogens is 3. The van der Waals surface area contributed by atoms with Crippen LogP contribution in [0.4, 0.5) is 0 Å². The second-order valence-corrected chi connectivity index (χ2v) is 8.54. The molecule has 4 heterocycles. The van der Waals surface area contributed by atoms with E-state index < -0.39 is 0 Å². The average molecular weight is 432 g/mol. The Labute approximate surface area is 188 Å². The van der Waals surface area contributed by atoms with Gasteiger partial charge in [-0.25, -0.2) is 0 Å². The van der Waals surface area contributed by atoms with Crippen LogP contribution in [0.2, 0.25) is 0 Å². The molecule has 2 aromatic heterocycles. The molecule has 7 nitrogen and oxygen atoms in total. The number of nitrogens with zero attached hydrogens (tertiary/aromatic N) is 5. The molecular formula is C25H29N5O2. The van der Waals surface area contributed by atoms with Crippen LogP contribution >= 0.6 is 0 Å². The van der Waals surface area contributed by atoms with Crippen molar-refractivity contribution in [1.29, 1.82) is 0 Å². The second-order valence-electron chi connectivity index (χ2n) is 8.54. The van der Waals surface area contributed by atoms with E-state index in [1.165, 1.54) is 0 Å². The fourth-order valence-corrected chi connectivity index (χ4v) is 4.53. The van der Waals surface area contributed by atoms with Crippen LogP contribution in [0.1, 0.15) is 28.8 Å². The molecule has 0 radical (unpaired) electrons. The van der Waals surface area contributed by atoms with Gasteiger partial charge in [-0.15, -0.1) is 0 Å². The lowest BCUT2D eigenvalue weighted by molar-refractivity contribution is 0.0433. The Kier molecular flexibility index (Phi) is 6.27. The van der Waals surface area contributed by atoms with Crippen LogP contribution in [0.5, 0.6) is 0 Å². The summed E-state index contributed by atoms with van der Waals surface area (Å²) in [6, 6.07) is 14.0. The van der Waals surface area contributed by atoms with Crippen molar-refractivity contribution < 1.29 is 9.53 Å². The largest absolute Gasteiger partial charge is 0.377 e. The van der Waals surface area contributed by atoms with Gasteiger partial charge in [0.05, 0.1) is 18.2 Å². The molecule has 2 saturated heterocycles. The lowest BCUT2D eigenvalue weighted by Crippen LogP contribution is -2.50. The molecule has 2 aliphatic rings. The van der Waals surface area contributed by atoms with Gasteiger partial charge in [-0.05, 0) is 30.5 Å². The van der Waals surface area contributed by atoms with Crippen LogP contribution in [-0.2, 0) is 11.3 Å². The van der Waals surface area contributed by atoms with Crippen molar-refractivity contribution in [3.63, 3.8) is 0 Å². The first-order valence-corrected chi connectivity index (χ1v) is 11.4. The van der Waals surface area contributed by atoms with Gasteiger partial charge in [0.25, 0.3) is 5.91 Å². The van der Waals surface area contributed by atoms with Crippen LogP contribution < -0.4 is 0 Å². The molecule has 1 unspecified atom stereocenters. The van der Waals surface area contributed by atoms with E-state index in [1.807, 2.05) is 46.1 Å². The number of hydrogen-bond acceptors (Lipinski definition) is 5. The molecule has 0 spiro atoms. The van der Waals surface area contributed by atoms with Crippen molar-refractivity contribution in [2.45, 2.75) is 25.5 Å². The Bertz CT molecular complexity index is 1020. The molecule has 1 aromatic carbocycles. The Balaban J connectivity index is 1.33. The van der Waals surface area contributed by atoms with Crippen molar-refractivity contribution in [2.24, 2.45) is 0 Å². The normalized spacial score (nSPS) is 19.4. The minimum Gasteiger partial charge on any atom is -0.377 e. The van der Waals surface area contributed by atoms with Crippen LogP contribution in [0.15, 0.2) is 61.1 Å². The van der Waals surface area contributed by atoms with Gasteiger partial charge in [-0.1, -0.05) is 30.3 Å². The van der Waals surface area contributed by atoms with Crippen molar-refractivity contribution in [3.05, 3.63) is 72.2 Å². The summed E-state index contributed by atoms with van der Waals surface area (Å²) in [4.78, 5) is 22.1. The van der Waals surface area contributed by atoms with Gasteiger partial charge >= 0.3 is 0 Å². The zero-order chi connectivity index (χ0) is 21.8. The number of carbonyl (C=O) groups is 1. The molecule has 7 heteroatoms. The number of benzene rings is 1. The first kappa shape index (κ1) is 20.8. The summed E-state index contributed by atoms with van der Waals surface area (Å²) in [5.41, 5.74) is 3.34. The molecule has 0 aliphatic carbocycles. The molecular weight excluding hydrogens is 402 g/mol. The summed E-state index contributed by atoms with van der Waals surface area (Å²) >= 11 is 0. The summed E-state index contributed by atoms with van der Waals surface area (Å²) in [7, 11) is 0. The van der Waals surface area contributed by atoms with Gasteiger partial charge in [-0.2, -0.15) is 5.10 Å². The van der Waals surface area contributed by atoms with Gasteiger partial charge in [0, 0.05) is 63.5 Å². The third-order valence-electron chi connectivity index (χ3n) is 6.26. The molecule has 0 bridgehead atoms. The monoisotopic (exact) mass is 431 g/mol. The number of amides is 1. The van der Waals surface area contributed by atoms with Crippen molar-refractivity contribution in [2.75, 3.05) is 39.3 Å². The van der Waals surface area contributed by atoms with Gasteiger partial charge < -0.3 is 9.64 Å². The second kappa shape index (κ2) is 9.63. The van der Waals surface area contributed by atoms with Gasteiger partial charge in [0.1, 0.15) is 5.69 Å². The summed E-state index contributed by atoms with van der Waals surface area (Å²) in [5.74, 6) is 0.0416. The third-order valence-corrected chi connectivity index (χ3v) is 6.26. The summed E-state index contributed by atoms with van der Waals surface area (Å²) < 4.78 is 7.64. The fraction of sp³-hybridized carbons (Fsp3) is 0.400. The molecule has 166 valence electrons. The van der Waals surface area contributed by atoms with Crippen LogP contribution in [0, 0.1) is 0 Å². The lowest BCUT2D eigenvalue weighted by atomic mass is 10.1. The molecule has 1 atom stereocenters. The van der Waals surface area contributed by atoms with E-state index in [4.69, 9.17) is 9.84 Å². The highest BCUT2D eigenvalue weighted by Gasteiger charge is 2.28. The zero-order valence-electron chi connectivity index (χ0n) is 18.3. The number of piperazine rings is 1. The smallest absolute Gasteiger partial charge is 0.257 e. The van der Waals surface area contributed by atoms with E-state index in [0.717, 1.165) is 63.3 Å². The molecule has 1 amide bonds. The van der Waals surface area contributed by atoms with E-state index in [-0.39, 0.29) is 5.91 Å². The lowest BCUT2D eigenvalue weighted by Gasteiger charge is -2.35. The van der Waals surface area contributed by atoms with Crippen LogP contribution in [0.25, 0.3) is 11.3 Å². The summed E-state index contributed by atoms with van der Waals surface area (Å²) in [6.45, 7) is 5.68. The fourth-order valence-electron chi connectivity index (χ4n) is 4.53. The minimum atomic E-state index is 0.0416. The number of pyridine rings is 1. The van der Waals surface area contributed by atoms with E-state index in [2.05, 4.69) is 22.0 Å². The standard InChI is InChI=1S/C25H29N5O2/c31-25(29-13-11-28(12-14-29)18-22-9-5-15-32-22)23-19-30(17-20-6-2-1-3-7-20)27-24(23)21-8-4-10-26-16-21/h1-4,6-8,10,16,19,22H,5,9,11-15,17-18H2. The van der Waals surface area contributed by atoms with Crippen molar-refractivity contribution in [3.8, 4) is 11.3 Å². The number of carbonyl (C=O) groups excluding carboxylic acids is 1. The van der Waals surface area contributed by atoms with Gasteiger partial charge in [0.15, 0.2) is 0 Å². The summed E-state index contributed by atoms with van der Waals surface area (Å²) in [6.07, 6.45) is 8.05. The molecule has 32 heavy (non-hydrogen) atoms. The van der Waals surface area contributed by atoms with E-state index >= 15 is 0 Å². The van der Waals surface area contributed by atoms with E-state index in [1.54, 1.807) is 12.4 Å². The Morgan fingerprint density at radius 1 is 1.06 bits per heavy atom. The quantitative estimate of drug-likeness (QED) is 0.601. The number of ether oxygens (including phenoxy) is 1. The maximum Gasteiger partial charge on any atom is 0.257 e. The predicted octanol–water partition coefficient (Wildman–Crippen LogP) is 2.93. The predicted molar refractivity (Wildman–Crippen MR) is 122 cm³/mol. The maximum absolute atomic E-state index is 13.5. The maximum atomic E-state index is 13.5. The topological polar surface area (TPSA) is 63.5 Å². The van der Waals surface area contributed by atoms with E-state index in [9.17, 15) is 4.79 Å². The van der Waals surface area contributed by atoms with Crippen LogP contribution in [0.3, 0.4) is 0 Å². The highest BCUT2D eigenvalue weighted by atomic mass is 16.5. The minimum absolute atomic E-state index is 0.0416. The molecule has 2 fully saturated rings. The molecule has 0 saturated carbocycles. The Morgan fingerprint density at radius 3 is 2.62 bits per heavy atom. The zero-order valence-corrected chi connectivity index (χ0v) is 18.3. The average Bonchev–Trinajstić information content (AvgIpc) is 3.50. The van der Waals surface area contributed by atoms with Gasteiger partial charge in [0.2, 0.25) is 0 Å². The SMILES string of the molecule is O=C(c1cn(Cc2ccccc2)nc1-c1cccnc1)N1CCN(CC2CCCO2)CC1. The highest BCUT2D eigenvalue weighted by Crippen LogP contribution is 2.24. The number of hydrogen-bond donors (Lipinski definition) is 0. The number of rotatable bonds is 6. The molecule has 3 aromatic rings. The van der Waals surface area contributed by atoms with Crippen molar-refractivity contribution >= 4 is 5.91 Å². The Morgan fingerprint density at radius 2 is 1.91 bits per heavy atom. The van der Waals surface area contributed by atoms with Crippen LogP contribution in [-0.4, -0.2) is 75.9 Å². The molecule has 5 rings (SSSR count). The molecule has 2 aliphatic heterocycles. The third kappa shape index (κ3) is 4.74. The first-order chi connectivity index (χ1) is 15.8. The van der Waals surface area contributed by atoms with Gasteiger partial charge in [-0.3, -0.25) is 19.4 Å². The first-order valence-electron chi connectivity index (χ1n) is 11.4. The highest BCUT2D eigenvalue weighted by molar-refractivity contribution is 5.99. The summed E-state index contributed by atoms with van der Waals surface area (Å²) in [5, 5.41) is 4.78. The molecule has 0 N–H and O–H groups in total.